The van der Waals surface area contributed by atoms with Gasteiger partial charge in [-0.2, -0.15) is 0 Å². The minimum Gasteiger partial charge on any atom is -0.345 e. The Morgan fingerprint density at radius 2 is 2.12 bits per heavy atom. The fourth-order valence-electron chi connectivity index (χ4n) is 3.27. The highest BCUT2D eigenvalue weighted by Gasteiger charge is 2.42. The first-order chi connectivity index (χ1) is 7.90. The summed E-state index contributed by atoms with van der Waals surface area (Å²) in [5.41, 5.74) is 4.42. The molecule has 0 saturated carbocycles. The molecule has 2 nitrogen and oxygen atoms in total. The lowest BCUT2D eigenvalue weighted by Crippen LogP contribution is -2.25. The molecule has 0 radical (unpaired) electrons. The number of nitrogens with zero attached hydrogens (tertiary/aromatic N) is 2. The van der Waals surface area contributed by atoms with E-state index in [0.717, 1.165) is 0 Å². The summed E-state index contributed by atoms with van der Waals surface area (Å²) >= 11 is 0. The van der Waals surface area contributed by atoms with Crippen molar-refractivity contribution in [3.63, 3.8) is 0 Å². The average Bonchev–Trinajstić information content (AvgIpc) is 2.86. The molecule has 80 valence electrons. The van der Waals surface area contributed by atoms with Gasteiger partial charge in [0.1, 0.15) is 6.17 Å². The Morgan fingerprint density at radius 1 is 1.19 bits per heavy atom. The van der Waals surface area contributed by atoms with Crippen molar-refractivity contribution >= 4 is 6.08 Å². The van der Waals surface area contributed by atoms with Crippen LogP contribution in [-0.4, -0.2) is 9.80 Å². The molecule has 0 N–H and O–H groups in total. The molecule has 0 spiro atoms. The Kier molecular flexibility index (Phi) is 1.43. The van der Waals surface area contributed by atoms with Crippen LogP contribution in [0.25, 0.3) is 6.08 Å². The molecule has 0 saturated heterocycles. The van der Waals surface area contributed by atoms with Gasteiger partial charge in [0, 0.05) is 24.2 Å². The standard InChI is InChI=1S/C14H14N2/c1-2-12-11-5-3-4-10-6-7-15-8-9-16(12)14(15)13(10)11/h3-9,12,14H,2H2,1H3. The van der Waals surface area contributed by atoms with E-state index in [2.05, 4.69) is 59.6 Å². The second-order valence-corrected chi connectivity index (χ2v) is 4.66. The van der Waals surface area contributed by atoms with Crippen LogP contribution >= 0.6 is 0 Å². The second kappa shape index (κ2) is 2.70. The molecule has 0 amide bonds. The van der Waals surface area contributed by atoms with E-state index in [1.54, 1.807) is 0 Å². The third-order valence-electron chi connectivity index (χ3n) is 3.94. The summed E-state index contributed by atoms with van der Waals surface area (Å²) < 4.78 is 0. The Hall–Kier alpha value is -1.70. The molecular formula is C14H14N2. The minimum atomic E-state index is 0.432. The van der Waals surface area contributed by atoms with Gasteiger partial charge in [0.15, 0.2) is 0 Å². The maximum Gasteiger partial charge on any atom is 0.132 e. The molecule has 16 heavy (non-hydrogen) atoms. The molecule has 3 heterocycles. The molecule has 0 aliphatic carbocycles. The van der Waals surface area contributed by atoms with E-state index in [9.17, 15) is 0 Å². The summed E-state index contributed by atoms with van der Waals surface area (Å²) in [7, 11) is 0. The SMILES string of the molecule is CCC1c2cccc3c2C2N(C=C3)C=CN12. The Morgan fingerprint density at radius 3 is 3.00 bits per heavy atom. The van der Waals surface area contributed by atoms with Crippen LogP contribution in [0.1, 0.15) is 42.2 Å². The normalized spacial score (nSPS) is 27.8. The number of hydrogen-bond donors (Lipinski definition) is 0. The largest absolute Gasteiger partial charge is 0.345 e. The molecular weight excluding hydrogens is 196 g/mol. The molecule has 0 fully saturated rings. The van der Waals surface area contributed by atoms with Gasteiger partial charge < -0.3 is 9.80 Å². The van der Waals surface area contributed by atoms with Crippen LogP contribution in [0.2, 0.25) is 0 Å². The van der Waals surface area contributed by atoms with Crippen LogP contribution in [0.5, 0.6) is 0 Å². The van der Waals surface area contributed by atoms with Crippen LogP contribution in [0, 0.1) is 0 Å². The van der Waals surface area contributed by atoms with E-state index in [0.29, 0.717) is 12.2 Å². The summed E-state index contributed by atoms with van der Waals surface area (Å²) in [5, 5.41) is 0. The molecule has 1 aromatic carbocycles. The van der Waals surface area contributed by atoms with Crippen LogP contribution in [0.4, 0.5) is 0 Å². The summed E-state index contributed by atoms with van der Waals surface area (Å²) in [5.74, 6) is 0. The predicted molar refractivity (Wildman–Crippen MR) is 64.1 cm³/mol. The lowest BCUT2D eigenvalue weighted by molar-refractivity contribution is 0.171. The Balaban J connectivity index is 2.02. The molecule has 1 aromatic rings. The van der Waals surface area contributed by atoms with E-state index < -0.39 is 0 Å². The van der Waals surface area contributed by atoms with Crippen molar-refractivity contribution in [2.75, 3.05) is 0 Å². The first-order valence-corrected chi connectivity index (χ1v) is 5.94. The smallest absolute Gasteiger partial charge is 0.132 e. The second-order valence-electron chi connectivity index (χ2n) is 4.66. The Labute approximate surface area is 95.5 Å². The maximum atomic E-state index is 2.48. The lowest BCUT2D eigenvalue weighted by Gasteiger charge is -2.30. The fraction of sp³-hybridized carbons (Fsp3) is 0.286. The quantitative estimate of drug-likeness (QED) is 0.702. The van der Waals surface area contributed by atoms with Gasteiger partial charge in [0.2, 0.25) is 0 Å². The highest BCUT2D eigenvalue weighted by Crippen LogP contribution is 2.51. The maximum absolute atomic E-state index is 2.48. The molecule has 0 aromatic heterocycles. The van der Waals surface area contributed by atoms with E-state index in [1.165, 1.54) is 23.1 Å². The topological polar surface area (TPSA) is 6.48 Å². The molecule has 3 aliphatic heterocycles. The summed E-state index contributed by atoms with van der Waals surface area (Å²) in [6.45, 7) is 2.27. The van der Waals surface area contributed by atoms with Crippen molar-refractivity contribution in [1.82, 2.24) is 9.80 Å². The van der Waals surface area contributed by atoms with E-state index >= 15 is 0 Å². The summed E-state index contributed by atoms with van der Waals surface area (Å²) in [6.07, 6.45) is 10.4. The van der Waals surface area contributed by atoms with E-state index in [-0.39, 0.29) is 0 Å². The molecule has 2 heteroatoms. The van der Waals surface area contributed by atoms with Gasteiger partial charge in [0.05, 0.1) is 6.04 Å². The average molecular weight is 210 g/mol. The number of benzene rings is 1. The van der Waals surface area contributed by atoms with Crippen molar-refractivity contribution in [2.45, 2.75) is 25.6 Å². The summed E-state index contributed by atoms with van der Waals surface area (Å²) in [4.78, 5) is 4.79. The molecule has 0 bridgehead atoms. The minimum absolute atomic E-state index is 0.432. The van der Waals surface area contributed by atoms with Crippen molar-refractivity contribution < 1.29 is 0 Å². The molecule has 3 aliphatic rings. The number of hydrogen-bond acceptors (Lipinski definition) is 2. The summed E-state index contributed by atoms with van der Waals surface area (Å²) in [6, 6.07) is 7.25. The first-order valence-electron chi connectivity index (χ1n) is 5.94. The van der Waals surface area contributed by atoms with E-state index in [1.807, 2.05) is 0 Å². The van der Waals surface area contributed by atoms with Crippen molar-refractivity contribution in [2.24, 2.45) is 0 Å². The molecule has 2 atom stereocenters. The lowest BCUT2D eigenvalue weighted by atomic mass is 9.95. The zero-order chi connectivity index (χ0) is 10.7. The highest BCUT2D eigenvalue weighted by atomic mass is 15.4. The van der Waals surface area contributed by atoms with Crippen LogP contribution < -0.4 is 0 Å². The molecule has 2 unspecified atom stereocenters. The fourth-order valence-corrected chi connectivity index (χ4v) is 3.27. The monoisotopic (exact) mass is 210 g/mol. The predicted octanol–water partition coefficient (Wildman–Crippen LogP) is 3.22. The van der Waals surface area contributed by atoms with E-state index in [4.69, 9.17) is 0 Å². The third kappa shape index (κ3) is 0.800. The Bertz CT molecular complexity index is 515. The number of rotatable bonds is 1. The third-order valence-corrected chi connectivity index (χ3v) is 3.94. The van der Waals surface area contributed by atoms with Crippen LogP contribution in [0.15, 0.2) is 36.8 Å². The van der Waals surface area contributed by atoms with Crippen molar-refractivity contribution in [3.8, 4) is 0 Å². The van der Waals surface area contributed by atoms with Crippen LogP contribution in [-0.2, 0) is 0 Å². The van der Waals surface area contributed by atoms with Gasteiger partial charge in [-0.15, -0.1) is 0 Å². The van der Waals surface area contributed by atoms with Gasteiger partial charge in [-0.3, -0.25) is 0 Å². The van der Waals surface area contributed by atoms with Gasteiger partial charge in [-0.25, -0.2) is 0 Å². The molecule has 4 rings (SSSR count). The van der Waals surface area contributed by atoms with Crippen molar-refractivity contribution in [1.29, 1.82) is 0 Å². The zero-order valence-corrected chi connectivity index (χ0v) is 9.30. The first kappa shape index (κ1) is 8.45. The van der Waals surface area contributed by atoms with Gasteiger partial charge in [0.25, 0.3) is 0 Å². The van der Waals surface area contributed by atoms with Crippen LogP contribution in [0.3, 0.4) is 0 Å². The zero-order valence-electron chi connectivity index (χ0n) is 9.30. The highest BCUT2D eigenvalue weighted by molar-refractivity contribution is 5.62. The van der Waals surface area contributed by atoms with Gasteiger partial charge >= 0.3 is 0 Å². The van der Waals surface area contributed by atoms with Crippen molar-refractivity contribution in [3.05, 3.63) is 53.5 Å². The van der Waals surface area contributed by atoms with Gasteiger partial charge in [-0.05, 0) is 23.6 Å². The van der Waals surface area contributed by atoms with Gasteiger partial charge in [-0.1, -0.05) is 25.1 Å².